The zero-order valence-electron chi connectivity index (χ0n) is 23.2. The van der Waals surface area contributed by atoms with Gasteiger partial charge in [-0.3, -0.25) is 0 Å². The van der Waals surface area contributed by atoms with Crippen molar-refractivity contribution >= 4 is 17.2 Å². The Kier molecular flexibility index (Phi) is 21.2. The number of hydrogen-bond acceptors (Lipinski definition) is 6. The van der Waals surface area contributed by atoms with Gasteiger partial charge in [-0.05, 0) is 81.6 Å². The normalized spacial score (nSPS) is 13.6. The van der Waals surface area contributed by atoms with Crippen LogP contribution in [0, 0.1) is 0 Å². The van der Waals surface area contributed by atoms with Gasteiger partial charge in [0, 0.05) is 32.0 Å². The molecule has 0 amide bonds. The van der Waals surface area contributed by atoms with Gasteiger partial charge in [-0.15, -0.1) is 17.2 Å². The smallest absolute Gasteiger partial charge is 0.161 e. The van der Waals surface area contributed by atoms with E-state index in [0.29, 0.717) is 0 Å². The molecule has 8 heteroatoms. The Bertz CT molecular complexity index is 387. The Morgan fingerprint density at radius 3 is 1.18 bits per heavy atom. The third-order valence-electron chi connectivity index (χ3n) is 4.39. The van der Waals surface area contributed by atoms with E-state index in [9.17, 15) is 0 Å². The van der Waals surface area contributed by atoms with E-state index in [1.165, 1.54) is 12.3 Å². The highest BCUT2D eigenvalue weighted by Gasteiger charge is 2.15. The van der Waals surface area contributed by atoms with Crippen LogP contribution in [0.4, 0.5) is 0 Å². The summed E-state index contributed by atoms with van der Waals surface area (Å²) in [4.78, 5) is 2.55. The van der Waals surface area contributed by atoms with Gasteiger partial charge in [0.05, 0.1) is 37.1 Å². The summed E-state index contributed by atoms with van der Waals surface area (Å²) in [5.74, 6) is 0. The first-order valence-electron chi connectivity index (χ1n) is 12.9. The summed E-state index contributed by atoms with van der Waals surface area (Å²) in [5, 5.41) is 0. The molecule has 0 aromatic carbocycles. The lowest BCUT2D eigenvalue weighted by Crippen LogP contribution is -2.33. The van der Waals surface area contributed by atoms with Crippen LogP contribution in [-0.2, 0) is 23.7 Å². The average molecular weight is 512 g/mol. The number of ether oxygens (including phenoxy) is 5. The second-order valence-electron chi connectivity index (χ2n) is 9.77. The highest BCUT2D eigenvalue weighted by molar-refractivity contribution is 7.38. The molecule has 2 atom stereocenters. The van der Waals surface area contributed by atoms with Crippen molar-refractivity contribution in [3.63, 3.8) is 0 Å². The molecule has 0 aliphatic heterocycles. The Morgan fingerprint density at radius 1 is 0.515 bits per heavy atom. The van der Waals surface area contributed by atoms with E-state index in [4.69, 9.17) is 23.7 Å². The first kappa shape index (κ1) is 33.6. The molecule has 0 aliphatic carbocycles. The molecule has 0 radical (unpaired) electrons. The Morgan fingerprint density at radius 2 is 0.879 bits per heavy atom. The topological polar surface area (TPSA) is 49.4 Å². The summed E-state index contributed by atoms with van der Waals surface area (Å²) in [5.41, 5.74) is 0. The lowest BCUT2D eigenvalue weighted by atomic mass is 10.4. The summed E-state index contributed by atoms with van der Waals surface area (Å²) < 4.78 is 29.6. The van der Waals surface area contributed by atoms with Crippen molar-refractivity contribution in [2.45, 2.75) is 112 Å². The molecule has 2 unspecified atom stereocenters. The predicted octanol–water partition coefficient (Wildman–Crippen LogP) is 5.42. The minimum atomic E-state index is -0.0959. The lowest BCUT2D eigenvalue weighted by Gasteiger charge is -2.26. The van der Waals surface area contributed by atoms with Crippen molar-refractivity contribution < 1.29 is 23.7 Å². The van der Waals surface area contributed by atoms with Crippen molar-refractivity contribution in [3.05, 3.63) is 0 Å². The molecule has 0 heterocycles. The lowest BCUT2D eigenvalue weighted by molar-refractivity contribution is -0.167. The molecular formula is C25H55NO5P2. The van der Waals surface area contributed by atoms with Gasteiger partial charge < -0.3 is 28.6 Å². The van der Waals surface area contributed by atoms with Crippen molar-refractivity contribution in [2.75, 3.05) is 50.9 Å². The van der Waals surface area contributed by atoms with E-state index in [1.807, 2.05) is 0 Å². The summed E-state index contributed by atoms with van der Waals surface area (Å²) >= 11 is 0. The van der Waals surface area contributed by atoms with Crippen LogP contribution in [0.1, 0.15) is 69.2 Å². The van der Waals surface area contributed by atoms with Gasteiger partial charge in [0.25, 0.3) is 0 Å². The molecule has 0 saturated heterocycles. The second-order valence-corrected chi connectivity index (χ2v) is 12.6. The summed E-state index contributed by atoms with van der Waals surface area (Å²) in [7, 11) is 1.66. The van der Waals surface area contributed by atoms with Crippen LogP contribution in [0.3, 0.4) is 0 Å². The maximum atomic E-state index is 5.94. The van der Waals surface area contributed by atoms with Crippen LogP contribution in [-0.4, -0.2) is 98.9 Å². The van der Waals surface area contributed by atoms with Crippen molar-refractivity contribution in [2.24, 2.45) is 0 Å². The van der Waals surface area contributed by atoms with Crippen LogP contribution < -0.4 is 0 Å². The fourth-order valence-electron chi connectivity index (χ4n) is 3.14. The molecule has 200 valence electrons. The zero-order valence-corrected chi connectivity index (χ0v) is 25.2. The molecule has 0 spiro atoms. The number of nitrogens with zero attached hydrogens (tertiary/aromatic N) is 1. The minimum absolute atomic E-state index is 0.0959. The zero-order chi connectivity index (χ0) is 25.2. The van der Waals surface area contributed by atoms with Crippen molar-refractivity contribution in [1.82, 2.24) is 4.90 Å². The molecule has 0 N–H and O–H groups in total. The Hall–Kier alpha value is 0.620. The van der Waals surface area contributed by atoms with Gasteiger partial charge in [0.1, 0.15) is 0 Å². The first-order valence-corrected chi connectivity index (χ1v) is 15.7. The summed E-state index contributed by atoms with van der Waals surface area (Å²) in [6.45, 7) is 24.7. The van der Waals surface area contributed by atoms with Crippen LogP contribution in [0.5, 0.6) is 0 Å². The molecular weight excluding hydrogens is 456 g/mol. The molecule has 33 heavy (non-hydrogen) atoms. The standard InChI is InChI=1S/C25H55NO5P2/c1-19(2)27-14-11-26(12-15-32-17-24(28-20(3)4)29-21(5)6)13-16-33-18-25(30-22(7)8)31-23(9)10/h19-25,32-33H,11-18H2,1-10H3. The minimum Gasteiger partial charge on any atom is -0.377 e. The van der Waals surface area contributed by atoms with E-state index in [0.717, 1.165) is 55.7 Å². The van der Waals surface area contributed by atoms with E-state index in [-0.39, 0.29) is 43.1 Å². The van der Waals surface area contributed by atoms with Crippen LogP contribution in [0.15, 0.2) is 0 Å². The molecule has 0 bridgehead atoms. The predicted molar refractivity (Wildman–Crippen MR) is 146 cm³/mol. The molecule has 0 aromatic rings. The molecule has 0 rings (SSSR count). The number of hydrogen-bond donors (Lipinski definition) is 0. The largest absolute Gasteiger partial charge is 0.377 e. The van der Waals surface area contributed by atoms with E-state index < -0.39 is 0 Å². The maximum Gasteiger partial charge on any atom is 0.161 e. The van der Waals surface area contributed by atoms with Gasteiger partial charge >= 0.3 is 0 Å². The van der Waals surface area contributed by atoms with Crippen LogP contribution in [0.25, 0.3) is 0 Å². The fourth-order valence-corrected chi connectivity index (χ4v) is 5.35. The summed E-state index contributed by atoms with van der Waals surface area (Å²) in [6.07, 6.45) is 5.10. The maximum absolute atomic E-state index is 5.94. The van der Waals surface area contributed by atoms with Gasteiger partial charge in [0.15, 0.2) is 12.6 Å². The van der Waals surface area contributed by atoms with Crippen LogP contribution in [0.2, 0.25) is 0 Å². The highest BCUT2D eigenvalue weighted by atomic mass is 31.1. The van der Waals surface area contributed by atoms with Gasteiger partial charge in [-0.2, -0.15) is 0 Å². The van der Waals surface area contributed by atoms with Crippen LogP contribution >= 0.6 is 17.2 Å². The Labute approximate surface area is 209 Å². The average Bonchev–Trinajstić information content (AvgIpc) is 2.65. The monoisotopic (exact) mass is 511 g/mol. The fraction of sp³-hybridized carbons (Fsp3) is 1.00. The molecule has 0 aromatic heterocycles. The quantitative estimate of drug-likeness (QED) is 0.110. The molecule has 6 nitrogen and oxygen atoms in total. The van der Waals surface area contributed by atoms with Crippen molar-refractivity contribution in [3.8, 4) is 0 Å². The van der Waals surface area contributed by atoms with Gasteiger partial charge in [-0.1, -0.05) is 0 Å². The summed E-state index contributed by atoms with van der Waals surface area (Å²) in [6, 6.07) is 0. The third-order valence-corrected chi connectivity index (χ3v) is 6.78. The first-order chi connectivity index (χ1) is 15.5. The second kappa shape index (κ2) is 20.8. The van der Waals surface area contributed by atoms with E-state index in [2.05, 4.69) is 74.1 Å². The Balaban J connectivity index is 4.48. The third kappa shape index (κ3) is 22.8. The molecule has 0 aliphatic rings. The van der Waals surface area contributed by atoms with Gasteiger partial charge in [0.2, 0.25) is 0 Å². The van der Waals surface area contributed by atoms with E-state index >= 15 is 0 Å². The molecule has 0 fully saturated rings. The van der Waals surface area contributed by atoms with E-state index in [1.54, 1.807) is 0 Å². The number of rotatable bonds is 22. The van der Waals surface area contributed by atoms with Gasteiger partial charge in [-0.25, -0.2) is 0 Å². The highest BCUT2D eigenvalue weighted by Crippen LogP contribution is 2.19. The SMILES string of the molecule is CC(C)OCCN(CCPCC(OC(C)C)OC(C)C)CCPCC(OC(C)C)OC(C)C. The van der Waals surface area contributed by atoms with Crippen molar-refractivity contribution in [1.29, 1.82) is 0 Å². The molecule has 0 saturated carbocycles.